The molecule has 35 heavy (non-hydrogen) atoms. The normalized spacial score (nSPS) is 15.0. The third kappa shape index (κ3) is 4.11. The quantitative estimate of drug-likeness (QED) is 0.406. The number of nitrogens with one attached hydrogen (secondary N) is 2. The number of rotatable bonds is 5. The molecular weight excluding hydrogens is 440 g/mol. The lowest BCUT2D eigenvalue weighted by Crippen LogP contribution is -2.44. The zero-order valence-corrected chi connectivity index (χ0v) is 20.2. The topological polar surface area (TPSA) is 106 Å². The van der Waals surface area contributed by atoms with E-state index in [1.165, 1.54) is 0 Å². The highest BCUT2D eigenvalue weighted by Gasteiger charge is 2.21. The van der Waals surface area contributed by atoms with Crippen LogP contribution in [0.4, 0.5) is 5.82 Å². The van der Waals surface area contributed by atoms with Crippen LogP contribution in [0.1, 0.15) is 5.56 Å². The lowest BCUT2D eigenvalue weighted by molar-refractivity contribution is 0.312. The van der Waals surface area contributed by atoms with Gasteiger partial charge in [-0.05, 0) is 51.0 Å². The first-order valence-electron chi connectivity index (χ1n) is 11.8. The molecule has 1 saturated heterocycles. The van der Waals surface area contributed by atoms with E-state index in [2.05, 4.69) is 53.0 Å². The van der Waals surface area contributed by atoms with Gasteiger partial charge in [-0.15, -0.1) is 0 Å². The number of aromatic amines is 2. The molecule has 0 unspecified atom stereocenters. The first-order valence-corrected chi connectivity index (χ1v) is 11.8. The molecule has 0 amide bonds. The lowest BCUT2D eigenvalue weighted by atomic mass is 10.1. The van der Waals surface area contributed by atoms with Crippen molar-refractivity contribution < 1.29 is 0 Å². The molecule has 10 heteroatoms. The summed E-state index contributed by atoms with van der Waals surface area (Å²) in [6.45, 7) is 4.71. The van der Waals surface area contributed by atoms with Crippen LogP contribution < -0.4 is 4.90 Å². The fourth-order valence-electron chi connectivity index (χ4n) is 4.59. The van der Waals surface area contributed by atoms with Crippen molar-refractivity contribution in [3.63, 3.8) is 0 Å². The molecule has 0 saturated carbocycles. The average Bonchev–Trinajstić information content (AvgIpc) is 3.48. The van der Waals surface area contributed by atoms with E-state index in [9.17, 15) is 0 Å². The molecule has 0 aliphatic carbocycles. The smallest absolute Gasteiger partial charge is 0.161 e. The molecule has 1 fully saturated rings. The highest BCUT2D eigenvalue weighted by molar-refractivity contribution is 5.93. The summed E-state index contributed by atoms with van der Waals surface area (Å²) in [4.78, 5) is 29.2. The molecule has 1 aliphatic heterocycles. The molecule has 0 radical (unpaired) electrons. The second-order valence-electron chi connectivity index (χ2n) is 9.39. The molecule has 5 aromatic rings. The molecule has 0 atom stereocenters. The van der Waals surface area contributed by atoms with Crippen LogP contribution in [0.5, 0.6) is 0 Å². The Hall–Kier alpha value is -3.89. The molecule has 5 aromatic heterocycles. The van der Waals surface area contributed by atoms with E-state index in [1.807, 2.05) is 50.9 Å². The van der Waals surface area contributed by atoms with Crippen LogP contribution in [0.3, 0.4) is 0 Å². The Kier molecular flexibility index (Phi) is 5.39. The van der Waals surface area contributed by atoms with Crippen molar-refractivity contribution in [1.82, 2.24) is 44.9 Å². The highest BCUT2D eigenvalue weighted by atomic mass is 15.3. The number of likely N-dealkylation sites (N-methyl/N-ethyl adjacent to an activating group) is 1. The van der Waals surface area contributed by atoms with Gasteiger partial charge in [-0.3, -0.25) is 10.1 Å². The second kappa shape index (κ2) is 8.71. The van der Waals surface area contributed by atoms with E-state index >= 15 is 0 Å². The van der Waals surface area contributed by atoms with Gasteiger partial charge in [0.05, 0.1) is 16.7 Å². The summed E-state index contributed by atoms with van der Waals surface area (Å²) in [7, 11) is 6.25. The molecule has 1 aliphatic rings. The molecule has 178 valence electrons. The van der Waals surface area contributed by atoms with E-state index in [0.717, 1.165) is 77.4 Å². The van der Waals surface area contributed by atoms with E-state index in [0.29, 0.717) is 11.5 Å². The first kappa shape index (κ1) is 21.6. The van der Waals surface area contributed by atoms with Crippen molar-refractivity contribution in [2.75, 3.05) is 52.2 Å². The number of hydrogen-bond donors (Lipinski definition) is 2. The second-order valence-corrected chi connectivity index (χ2v) is 9.39. The summed E-state index contributed by atoms with van der Waals surface area (Å²) < 4.78 is 0. The van der Waals surface area contributed by atoms with Gasteiger partial charge in [0.25, 0.3) is 0 Å². The van der Waals surface area contributed by atoms with Gasteiger partial charge in [-0.1, -0.05) is 0 Å². The van der Waals surface area contributed by atoms with Crippen LogP contribution >= 0.6 is 0 Å². The third-order valence-corrected chi connectivity index (χ3v) is 6.41. The van der Waals surface area contributed by atoms with Crippen molar-refractivity contribution in [3.05, 3.63) is 48.4 Å². The average molecular weight is 469 g/mol. The SMILES string of the molecule is CN(C)Cc1cncc(-c2ccc3[nH]nc(-c4nc5c(N6CCN(C)CC6)nccc5[nH]4)c3n2)c1. The Bertz CT molecular complexity index is 1490. The maximum atomic E-state index is 4.95. The van der Waals surface area contributed by atoms with Crippen molar-refractivity contribution in [3.8, 4) is 22.8 Å². The summed E-state index contributed by atoms with van der Waals surface area (Å²) in [5.74, 6) is 1.59. The van der Waals surface area contributed by atoms with E-state index < -0.39 is 0 Å². The maximum Gasteiger partial charge on any atom is 0.161 e. The number of aromatic nitrogens is 7. The Labute approximate surface area is 203 Å². The first-order chi connectivity index (χ1) is 17.0. The number of imidazole rings is 1. The van der Waals surface area contributed by atoms with Gasteiger partial charge in [0.1, 0.15) is 11.0 Å². The number of nitrogens with zero attached hydrogens (tertiary/aromatic N) is 8. The minimum Gasteiger partial charge on any atom is -0.352 e. The van der Waals surface area contributed by atoms with Crippen LogP contribution in [0.15, 0.2) is 42.9 Å². The van der Waals surface area contributed by atoms with Crippen molar-refractivity contribution in [1.29, 1.82) is 0 Å². The third-order valence-electron chi connectivity index (χ3n) is 6.41. The molecule has 2 N–H and O–H groups in total. The lowest BCUT2D eigenvalue weighted by Gasteiger charge is -2.33. The number of H-pyrrole nitrogens is 2. The van der Waals surface area contributed by atoms with Crippen LogP contribution in [-0.2, 0) is 6.54 Å². The van der Waals surface area contributed by atoms with Crippen LogP contribution in [0.2, 0.25) is 0 Å². The molecular formula is C25H28N10. The van der Waals surface area contributed by atoms with Crippen molar-refractivity contribution in [2.45, 2.75) is 6.54 Å². The minimum atomic E-state index is 0.679. The van der Waals surface area contributed by atoms with Gasteiger partial charge >= 0.3 is 0 Å². The highest BCUT2D eigenvalue weighted by Crippen LogP contribution is 2.30. The Morgan fingerprint density at radius 1 is 0.971 bits per heavy atom. The molecule has 0 aromatic carbocycles. The number of fused-ring (bicyclic) bond motifs is 2. The standard InChI is InChI=1S/C25H28N10/c1-33(2)15-16-12-17(14-26-13-16)18-4-5-20-21(28-18)23(32-31-20)24-29-19-6-7-27-25(22(19)30-24)35-10-8-34(3)9-11-35/h4-7,12-14H,8-11,15H2,1-3H3,(H,29,30)(H,31,32). The number of hydrogen-bond acceptors (Lipinski definition) is 8. The predicted molar refractivity (Wildman–Crippen MR) is 137 cm³/mol. The van der Waals surface area contributed by atoms with Crippen LogP contribution in [-0.4, -0.2) is 92.2 Å². The van der Waals surface area contributed by atoms with Gasteiger partial charge in [0, 0.05) is 56.9 Å². The number of piperazine rings is 1. The number of pyridine rings is 3. The van der Waals surface area contributed by atoms with E-state index in [-0.39, 0.29) is 0 Å². The van der Waals surface area contributed by atoms with Gasteiger partial charge in [0.2, 0.25) is 0 Å². The monoisotopic (exact) mass is 468 g/mol. The van der Waals surface area contributed by atoms with Crippen LogP contribution in [0, 0.1) is 0 Å². The van der Waals surface area contributed by atoms with Gasteiger partial charge in [-0.25, -0.2) is 15.0 Å². The minimum absolute atomic E-state index is 0.679. The van der Waals surface area contributed by atoms with Crippen molar-refractivity contribution >= 4 is 27.9 Å². The Morgan fingerprint density at radius 3 is 2.66 bits per heavy atom. The Morgan fingerprint density at radius 2 is 1.83 bits per heavy atom. The maximum absolute atomic E-state index is 4.95. The van der Waals surface area contributed by atoms with Gasteiger partial charge in [0.15, 0.2) is 17.3 Å². The zero-order valence-electron chi connectivity index (χ0n) is 20.2. The number of anilines is 1. The van der Waals surface area contributed by atoms with Crippen molar-refractivity contribution in [2.24, 2.45) is 0 Å². The molecule has 6 heterocycles. The fraction of sp³-hybridized carbons (Fsp3) is 0.320. The Balaban J connectivity index is 1.39. The largest absolute Gasteiger partial charge is 0.352 e. The summed E-state index contributed by atoms with van der Waals surface area (Å²) in [6.07, 6.45) is 5.58. The predicted octanol–water partition coefficient (Wildman–Crippen LogP) is 2.77. The summed E-state index contributed by atoms with van der Waals surface area (Å²) in [5, 5.41) is 7.66. The summed E-state index contributed by atoms with van der Waals surface area (Å²) >= 11 is 0. The summed E-state index contributed by atoms with van der Waals surface area (Å²) in [6, 6.07) is 8.10. The van der Waals surface area contributed by atoms with E-state index in [1.54, 1.807) is 0 Å². The molecule has 10 nitrogen and oxygen atoms in total. The van der Waals surface area contributed by atoms with Crippen LogP contribution in [0.25, 0.3) is 44.8 Å². The molecule has 6 rings (SSSR count). The van der Waals surface area contributed by atoms with Gasteiger partial charge < -0.3 is 19.7 Å². The summed E-state index contributed by atoms with van der Waals surface area (Å²) in [5.41, 5.74) is 7.10. The van der Waals surface area contributed by atoms with E-state index in [4.69, 9.17) is 9.97 Å². The zero-order chi connectivity index (χ0) is 23.9. The molecule has 0 spiro atoms. The molecule has 0 bridgehead atoms. The van der Waals surface area contributed by atoms with Gasteiger partial charge in [-0.2, -0.15) is 5.10 Å². The fourth-order valence-corrected chi connectivity index (χ4v) is 4.59.